The van der Waals surface area contributed by atoms with Crippen molar-refractivity contribution < 1.29 is 14.3 Å². The summed E-state index contributed by atoms with van der Waals surface area (Å²) in [5.74, 6) is 1.66. The van der Waals surface area contributed by atoms with Crippen molar-refractivity contribution in [3.63, 3.8) is 0 Å². The highest BCUT2D eigenvalue weighted by Gasteiger charge is 2.18. The van der Waals surface area contributed by atoms with Gasteiger partial charge in [0, 0.05) is 16.3 Å². The number of nitrogens with zero attached hydrogens (tertiary/aromatic N) is 4. The molecule has 36 heavy (non-hydrogen) atoms. The molecule has 4 aromatic rings. The van der Waals surface area contributed by atoms with Crippen LogP contribution in [0.2, 0.25) is 5.02 Å². The van der Waals surface area contributed by atoms with Crippen LogP contribution in [-0.2, 0) is 4.79 Å². The Hall–Kier alpha value is -3.82. The first-order chi connectivity index (χ1) is 17.5. The number of carbonyl (C=O) groups excluding carboxylic acids is 1. The number of thioether (sulfide) groups is 1. The van der Waals surface area contributed by atoms with Crippen molar-refractivity contribution >= 4 is 35.0 Å². The molecule has 0 radical (unpaired) electrons. The van der Waals surface area contributed by atoms with Crippen LogP contribution < -0.4 is 14.9 Å². The van der Waals surface area contributed by atoms with Gasteiger partial charge in [-0.3, -0.25) is 9.36 Å². The van der Waals surface area contributed by atoms with Gasteiger partial charge in [-0.05, 0) is 55.0 Å². The number of rotatable bonds is 9. The van der Waals surface area contributed by atoms with Crippen LogP contribution in [0.1, 0.15) is 12.5 Å². The number of amides is 1. The Morgan fingerprint density at radius 2 is 1.72 bits per heavy atom. The number of benzene rings is 3. The Bertz CT molecular complexity index is 1370. The third kappa shape index (κ3) is 5.87. The zero-order valence-electron chi connectivity index (χ0n) is 19.9. The van der Waals surface area contributed by atoms with Gasteiger partial charge in [-0.1, -0.05) is 53.7 Å². The molecule has 184 valence electrons. The summed E-state index contributed by atoms with van der Waals surface area (Å²) in [6.45, 7) is 1.82. The van der Waals surface area contributed by atoms with Gasteiger partial charge in [0.15, 0.2) is 22.5 Å². The molecule has 0 bridgehead atoms. The van der Waals surface area contributed by atoms with E-state index >= 15 is 0 Å². The van der Waals surface area contributed by atoms with Gasteiger partial charge in [-0.25, -0.2) is 5.43 Å². The number of methoxy groups -OCH3 is 2. The monoisotopic (exact) mass is 521 g/mol. The number of hydrazone groups is 1. The molecule has 1 N–H and O–H groups in total. The molecule has 0 spiro atoms. The summed E-state index contributed by atoms with van der Waals surface area (Å²) in [4.78, 5) is 12.5. The average molecular weight is 522 g/mol. The number of carbonyl (C=O) groups is 1. The Labute approximate surface area is 218 Å². The first-order valence-corrected chi connectivity index (χ1v) is 12.3. The van der Waals surface area contributed by atoms with Crippen molar-refractivity contribution in [2.75, 3.05) is 20.0 Å². The van der Waals surface area contributed by atoms with E-state index in [0.717, 1.165) is 16.8 Å². The van der Waals surface area contributed by atoms with Gasteiger partial charge in [0.25, 0.3) is 5.91 Å². The van der Waals surface area contributed by atoms with Gasteiger partial charge in [-0.15, -0.1) is 10.2 Å². The topological polar surface area (TPSA) is 90.6 Å². The number of ether oxygens (including phenoxy) is 2. The van der Waals surface area contributed by atoms with Crippen LogP contribution in [0.15, 0.2) is 83.1 Å². The van der Waals surface area contributed by atoms with Crippen molar-refractivity contribution in [3.8, 4) is 28.6 Å². The predicted octanol–water partition coefficient (Wildman–Crippen LogP) is 5.24. The second-order valence-electron chi connectivity index (χ2n) is 7.57. The van der Waals surface area contributed by atoms with E-state index in [4.69, 9.17) is 21.1 Å². The third-order valence-electron chi connectivity index (χ3n) is 5.23. The van der Waals surface area contributed by atoms with Crippen molar-refractivity contribution in [2.24, 2.45) is 5.10 Å². The van der Waals surface area contributed by atoms with E-state index in [0.29, 0.717) is 33.2 Å². The van der Waals surface area contributed by atoms with Gasteiger partial charge >= 0.3 is 0 Å². The molecule has 0 unspecified atom stereocenters. The molecule has 0 aliphatic rings. The van der Waals surface area contributed by atoms with Crippen LogP contribution in [0.3, 0.4) is 0 Å². The van der Waals surface area contributed by atoms with Crippen molar-refractivity contribution in [1.82, 2.24) is 20.2 Å². The largest absolute Gasteiger partial charge is 0.493 e. The van der Waals surface area contributed by atoms with Crippen LogP contribution in [-0.4, -0.2) is 46.4 Å². The Morgan fingerprint density at radius 3 is 2.42 bits per heavy atom. The standard InChI is InChI=1S/C26H24ClN5O3S/c1-17(18-9-12-20(27)13-10-18)28-29-24(33)16-36-26-31-30-25(32(26)21-7-5-4-6-8-21)19-11-14-22(34-2)23(15-19)35-3/h4-15H,16H2,1-3H3,(H,29,33)/b28-17-. The van der Waals surface area contributed by atoms with Crippen molar-refractivity contribution in [1.29, 1.82) is 0 Å². The van der Waals surface area contributed by atoms with Gasteiger partial charge in [-0.2, -0.15) is 5.10 Å². The summed E-state index contributed by atoms with van der Waals surface area (Å²) < 4.78 is 12.7. The normalized spacial score (nSPS) is 11.3. The number of hydrogen-bond acceptors (Lipinski definition) is 7. The quantitative estimate of drug-likeness (QED) is 0.184. The smallest absolute Gasteiger partial charge is 0.250 e. The van der Waals surface area contributed by atoms with Crippen LogP contribution in [0.25, 0.3) is 17.1 Å². The van der Waals surface area contributed by atoms with E-state index in [1.807, 2.05) is 72.2 Å². The molecule has 0 aliphatic carbocycles. The molecule has 1 heterocycles. The van der Waals surface area contributed by atoms with Crippen molar-refractivity contribution in [3.05, 3.63) is 83.4 Å². The summed E-state index contributed by atoms with van der Waals surface area (Å²) >= 11 is 7.20. The van der Waals surface area contributed by atoms with Crippen molar-refractivity contribution in [2.45, 2.75) is 12.1 Å². The Morgan fingerprint density at radius 1 is 1.00 bits per heavy atom. The lowest BCUT2D eigenvalue weighted by atomic mass is 10.1. The molecular weight excluding hydrogens is 498 g/mol. The van der Waals surface area contributed by atoms with E-state index in [1.165, 1.54) is 11.8 Å². The first-order valence-electron chi connectivity index (χ1n) is 10.9. The summed E-state index contributed by atoms with van der Waals surface area (Å²) in [6, 6.07) is 22.5. The molecule has 8 nitrogen and oxygen atoms in total. The fourth-order valence-corrected chi connectivity index (χ4v) is 4.27. The Kier molecular flexibility index (Phi) is 8.24. The lowest BCUT2D eigenvalue weighted by Gasteiger charge is -2.12. The zero-order valence-corrected chi connectivity index (χ0v) is 21.5. The summed E-state index contributed by atoms with van der Waals surface area (Å²) in [5, 5.41) is 14.2. The molecule has 1 aromatic heterocycles. The van der Waals surface area contributed by atoms with Gasteiger partial charge in [0.2, 0.25) is 0 Å². The maximum absolute atomic E-state index is 12.5. The molecular formula is C26H24ClN5O3S. The van der Waals surface area contributed by atoms with Gasteiger partial charge in [0.05, 0.1) is 25.7 Å². The SMILES string of the molecule is COc1ccc(-c2nnc(SCC(=O)N/N=C(/C)c3ccc(Cl)cc3)n2-c2ccccc2)cc1OC. The highest BCUT2D eigenvalue weighted by atomic mass is 35.5. The van der Waals surface area contributed by atoms with E-state index in [9.17, 15) is 4.79 Å². The van der Waals surface area contributed by atoms with E-state index < -0.39 is 0 Å². The molecule has 0 saturated heterocycles. The number of halogens is 1. The van der Waals surface area contributed by atoms with Crippen LogP contribution >= 0.6 is 23.4 Å². The van der Waals surface area contributed by atoms with Crippen LogP contribution in [0.5, 0.6) is 11.5 Å². The molecule has 1 amide bonds. The summed E-state index contributed by atoms with van der Waals surface area (Å²) in [6.07, 6.45) is 0. The molecule has 0 fully saturated rings. The highest BCUT2D eigenvalue weighted by Crippen LogP contribution is 2.34. The van der Waals surface area contributed by atoms with Crippen LogP contribution in [0, 0.1) is 0 Å². The molecule has 0 atom stereocenters. The van der Waals surface area contributed by atoms with E-state index in [2.05, 4.69) is 20.7 Å². The minimum absolute atomic E-state index is 0.105. The minimum Gasteiger partial charge on any atom is -0.493 e. The second-order valence-corrected chi connectivity index (χ2v) is 8.95. The lowest BCUT2D eigenvalue weighted by Crippen LogP contribution is -2.21. The maximum atomic E-state index is 12.5. The summed E-state index contributed by atoms with van der Waals surface area (Å²) in [5.41, 5.74) is 5.81. The molecule has 4 rings (SSSR count). The lowest BCUT2D eigenvalue weighted by molar-refractivity contribution is -0.118. The first kappa shape index (κ1) is 25.3. The number of hydrogen-bond donors (Lipinski definition) is 1. The molecule has 3 aromatic carbocycles. The van der Waals surface area contributed by atoms with E-state index in [-0.39, 0.29) is 11.7 Å². The zero-order chi connectivity index (χ0) is 25.5. The Balaban J connectivity index is 1.55. The summed E-state index contributed by atoms with van der Waals surface area (Å²) in [7, 11) is 3.17. The number of nitrogens with one attached hydrogen (secondary N) is 1. The molecule has 0 aliphatic heterocycles. The predicted molar refractivity (Wildman–Crippen MR) is 142 cm³/mol. The number of para-hydroxylation sites is 1. The fourth-order valence-electron chi connectivity index (χ4n) is 3.40. The van der Waals surface area contributed by atoms with E-state index in [1.54, 1.807) is 26.4 Å². The number of aromatic nitrogens is 3. The fraction of sp³-hybridized carbons (Fsp3) is 0.154. The average Bonchev–Trinajstić information content (AvgIpc) is 3.35. The molecule has 10 heteroatoms. The third-order valence-corrected chi connectivity index (χ3v) is 6.41. The second kappa shape index (κ2) is 11.7. The van der Waals surface area contributed by atoms with Gasteiger partial charge in [0.1, 0.15) is 0 Å². The van der Waals surface area contributed by atoms with Crippen LogP contribution in [0.4, 0.5) is 0 Å². The maximum Gasteiger partial charge on any atom is 0.250 e. The van der Waals surface area contributed by atoms with Gasteiger partial charge < -0.3 is 9.47 Å². The highest BCUT2D eigenvalue weighted by molar-refractivity contribution is 7.99. The minimum atomic E-state index is -0.261. The molecule has 0 saturated carbocycles.